The molecule has 72 valence electrons. The van der Waals surface area contributed by atoms with E-state index in [1.165, 1.54) is 11.3 Å². The normalized spacial score (nSPS) is 11.3. The minimum atomic E-state index is -3.32. The number of carbonyl (C=O) groups excluding carboxylic acids is 1. The van der Waals surface area contributed by atoms with Gasteiger partial charge in [-0.2, -0.15) is 8.78 Å². The number of rotatable bonds is 3. The molecule has 1 amide bonds. The lowest BCUT2D eigenvalue weighted by atomic mass is 10.3. The van der Waals surface area contributed by atoms with E-state index in [9.17, 15) is 13.6 Å². The first-order valence-electron chi connectivity index (χ1n) is 3.53. The van der Waals surface area contributed by atoms with Gasteiger partial charge in [0.05, 0.1) is 17.7 Å². The van der Waals surface area contributed by atoms with Crippen LogP contribution in [0.25, 0.3) is 0 Å². The molecule has 0 saturated heterocycles. The third-order valence-electron chi connectivity index (χ3n) is 1.31. The second-order valence-corrected chi connectivity index (χ2v) is 3.27. The first-order chi connectivity index (χ1) is 6.00. The number of hydrogen-bond donors (Lipinski definition) is 1. The zero-order chi connectivity index (χ0) is 9.90. The van der Waals surface area contributed by atoms with E-state index >= 15 is 0 Å². The number of amides is 1. The molecule has 13 heavy (non-hydrogen) atoms. The van der Waals surface area contributed by atoms with E-state index in [1.54, 1.807) is 10.9 Å². The molecular formula is C7H8F2N2OS. The van der Waals surface area contributed by atoms with Crippen LogP contribution in [0.3, 0.4) is 0 Å². The number of nitrogens with one attached hydrogen (secondary N) is 1. The summed E-state index contributed by atoms with van der Waals surface area (Å²) >= 11 is 1.35. The standard InChI is InChI=1S/C7H8F2N2OS/c1-7(8,9)6(12)10-2-5-3-13-4-11-5/h3-4H,2H2,1H3,(H,10,12). The fourth-order valence-corrected chi connectivity index (χ4v) is 1.21. The molecule has 0 radical (unpaired) electrons. The van der Waals surface area contributed by atoms with Gasteiger partial charge in [0.1, 0.15) is 0 Å². The summed E-state index contributed by atoms with van der Waals surface area (Å²) in [6, 6.07) is 0. The van der Waals surface area contributed by atoms with Gasteiger partial charge in [0.25, 0.3) is 5.91 Å². The average molecular weight is 206 g/mol. The van der Waals surface area contributed by atoms with Crippen LogP contribution in [0.1, 0.15) is 12.6 Å². The molecule has 0 spiro atoms. The average Bonchev–Trinajstić information content (AvgIpc) is 2.50. The van der Waals surface area contributed by atoms with Crippen molar-refractivity contribution in [2.75, 3.05) is 0 Å². The van der Waals surface area contributed by atoms with E-state index in [-0.39, 0.29) is 6.54 Å². The van der Waals surface area contributed by atoms with Gasteiger partial charge in [0.2, 0.25) is 0 Å². The lowest BCUT2D eigenvalue weighted by Gasteiger charge is -2.09. The summed E-state index contributed by atoms with van der Waals surface area (Å²) in [6.45, 7) is 0.606. The third-order valence-corrected chi connectivity index (χ3v) is 1.95. The van der Waals surface area contributed by atoms with Gasteiger partial charge in [-0.05, 0) is 0 Å². The lowest BCUT2D eigenvalue weighted by molar-refractivity contribution is -0.143. The highest BCUT2D eigenvalue weighted by Crippen LogP contribution is 2.11. The number of thiazole rings is 1. The zero-order valence-corrected chi connectivity index (χ0v) is 7.70. The van der Waals surface area contributed by atoms with Crippen molar-refractivity contribution in [2.45, 2.75) is 19.4 Å². The molecule has 1 N–H and O–H groups in total. The van der Waals surface area contributed by atoms with Gasteiger partial charge < -0.3 is 5.32 Å². The van der Waals surface area contributed by atoms with Crippen LogP contribution in [0.4, 0.5) is 8.78 Å². The van der Waals surface area contributed by atoms with Crippen LogP contribution >= 0.6 is 11.3 Å². The van der Waals surface area contributed by atoms with Crippen molar-refractivity contribution in [1.82, 2.24) is 10.3 Å². The maximum atomic E-state index is 12.3. The number of halogens is 2. The number of carbonyl (C=O) groups is 1. The number of aromatic nitrogens is 1. The number of alkyl halides is 2. The molecule has 0 bridgehead atoms. The van der Waals surface area contributed by atoms with Crippen LogP contribution in [0.2, 0.25) is 0 Å². The van der Waals surface area contributed by atoms with E-state index in [4.69, 9.17) is 0 Å². The highest BCUT2D eigenvalue weighted by atomic mass is 32.1. The quantitative estimate of drug-likeness (QED) is 0.812. The molecule has 1 aromatic heterocycles. The maximum Gasteiger partial charge on any atom is 0.321 e. The smallest absolute Gasteiger partial charge is 0.321 e. The summed E-state index contributed by atoms with van der Waals surface area (Å²) in [5.74, 6) is -4.60. The largest absolute Gasteiger partial charge is 0.345 e. The van der Waals surface area contributed by atoms with Crippen LogP contribution in [0, 0.1) is 0 Å². The zero-order valence-electron chi connectivity index (χ0n) is 6.88. The van der Waals surface area contributed by atoms with E-state index in [0.717, 1.165) is 0 Å². The fraction of sp³-hybridized carbons (Fsp3) is 0.429. The summed E-state index contributed by atoms with van der Waals surface area (Å²) in [6.07, 6.45) is 0. The van der Waals surface area contributed by atoms with Crippen LogP contribution in [0.5, 0.6) is 0 Å². The Morgan fingerprint density at radius 2 is 2.46 bits per heavy atom. The Bertz CT molecular complexity index is 281. The Kier molecular flexibility index (Phi) is 2.92. The van der Waals surface area contributed by atoms with Gasteiger partial charge in [0, 0.05) is 12.3 Å². The topological polar surface area (TPSA) is 42.0 Å². The Balaban J connectivity index is 2.40. The van der Waals surface area contributed by atoms with Crippen molar-refractivity contribution in [3.05, 3.63) is 16.6 Å². The molecule has 0 unspecified atom stereocenters. The minimum absolute atomic E-state index is 0.0474. The summed E-state index contributed by atoms with van der Waals surface area (Å²) in [5.41, 5.74) is 2.16. The van der Waals surface area contributed by atoms with E-state index < -0.39 is 11.8 Å². The van der Waals surface area contributed by atoms with Crippen molar-refractivity contribution in [1.29, 1.82) is 0 Å². The van der Waals surface area contributed by atoms with Gasteiger partial charge in [0.15, 0.2) is 0 Å². The van der Waals surface area contributed by atoms with E-state index in [1.807, 2.05) is 0 Å². The molecule has 0 aromatic carbocycles. The first kappa shape index (κ1) is 10.0. The molecule has 3 nitrogen and oxygen atoms in total. The molecule has 0 atom stereocenters. The molecule has 1 heterocycles. The predicted octanol–water partition coefficient (Wildman–Crippen LogP) is 1.41. The summed E-state index contributed by atoms with van der Waals surface area (Å²) in [5, 5.41) is 3.77. The molecule has 0 aliphatic carbocycles. The minimum Gasteiger partial charge on any atom is -0.345 e. The molecule has 6 heteroatoms. The molecule has 0 saturated carbocycles. The Morgan fingerprint density at radius 1 is 1.77 bits per heavy atom. The molecule has 1 aromatic rings. The van der Waals surface area contributed by atoms with Crippen LogP contribution < -0.4 is 5.32 Å². The van der Waals surface area contributed by atoms with Crippen LogP contribution in [-0.2, 0) is 11.3 Å². The SMILES string of the molecule is CC(F)(F)C(=O)NCc1cscn1. The van der Waals surface area contributed by atoms with Gasteiger partial charge in [-0.1, -0.05) is 0 Å². The summed E-state index contributed by atoms with van der Waals surface area (Å²) < 4.78 is 24.6. The van der Waals surface area contributed by atoms with Crippen molar-refractivity contribution >= 4 is 17.2 Å². The van der Waals surface area contributed by atoms with Crippen LogP contribution in [-0.4, -0.2) is 16.8 Å². The maximum absolute atomic E-state index is 12.3. The first-order valence-corrected chi connectivity index (χ1v) is 4.47. The predicted molar refractivity (Wildman–Crippen MR) is 44.6 cm³/mol. The van der Waals surface area contributed by atoms with Crippen molar-refractivity contribution in [2.24, 2.45) is 0 Å². The molecule has 0 fully saturated rings. The Hall–Kier alpha value is -1.04. The molecule has 1 rings (SSSR count). The van der Waals surface area contributed by atoms with Crippen LogP contribution in [0.15, 0.2) is 10.9 Å². The molecular weight excluding hydrogens is 198 g/mol. The second-order valence-electron chi connectivity index (χ2n) is 2.55. The Labute approximate surface area is 77.8 Å². The highest BCUT2D eigenvalue weighted by Gasteiger charge is 2.31. The summed E-state index contributed by atoms with van der Waals surface area (Å²) in [4.78, 5) is 14.5. The third kappa shape index (κ3) is 3.06. The number of nitrogens with zero attached hydrogens (tertiary/aromatic N) is 1. The number of hydrogen-bond acceptors (Lipinski definition) is 3. The van der Waals surface area contributed by atoms with Crippen molar-refractivity contribution in [3.8, 4) is 0 Å². The second kappa shape index (κ2) is 3.78. The van der Waals surface area contributed by atoms with E-state index in [2.05, 4.69) is 10.3 Å². The van der Waals surface area contributed by atoms with Gasteiger partial charge in [-0.25, -0.2) is 4.98 Å². The Morgan fingerprint density at radius 3 is 2.92 bits per heavy atom. The van der Waals surface area contributed by atoms with Gasteiger partial charge >= 0.3 is 5.92 Å². The molecule has 0 aliphatic rings. The lowest BCUT2D eigenvalue weighted by Crippen LogP contribution is -2.37. The van der Waals surface area contributed by atoms with Crippen molar-refractivity contribution < 1.29 is 13.6 Å². The fourth-order valence-electron chi connectivity index (χ4n) is 0.651. The van der Waals surface area contributed by atoms with E-state index in [0.29, 0.717) is 12.6 Å². The summed E-state index contributed by atoms with van der Waals surface area (Å²) in [7, 11) is 0. The molecule has 0 aliphatic heterocycles. The monoisotopic (exact) mass is 206 g/mol. The van der Waals surface area contributed by atoms with Crippen molar-refractivity contribution in [3.63, 3.8) is 0 Å². The van der Waals surface area contributed by atoms with Gasteiger partial charge in [-0.15, -0.1) is 11.3 Å². The van der Waals surface area contributed by atoms with Gasteiger partial charge in [-0.3, -0.25) is 4.79 Å². The highest BCUT2D eigenvalue weighted by molar-refractivity contribution is 7.07.